The first kappa shape index (κ1) is 27.5. The molecule has 3 aromatic rings. The maximum Gasteiger partial charge on any atom is 0.316 e. The molecule has 0 saturated carbocycles. The van der Waals surface area contributed by atoms with E-state index >= 15 is 0 Å². The highest BCUT2D eigenvalue weighted by atomic mass is 35.5. The molecule has 0 radical (unpaired) electrons. The number of aryl methyl sites for hydroxylation is 3. The lowest BCUT2D eigenvalue weighted by Gasteiger charge is -2.21. The predicted octanol–water partition coefficient (Wildman–Crippen LogP) is 6.98. The van der Waals surface area contributed by atoms with Crippen LogP contribution in [0, 0.1) is 26.7 Å². The van der Waals surface area contributed by atoms with Crippen molar-refractivity contribution in [2.75, 3.05) is 16.3 Å². The largest absolute Gasteiger partial charge is 0.426 e. The SMILES string of the molecule is Cc1cc(OC(=O)[C@H]2CC(=O)N(c3c(C)cccc3C)C2)ccc1N1C(=O)c2c(Cl)c(Cl)c(Cl)c(Cl)c2C1=O. The van der Waals surface area contributed by atoms with Crippen LogP contribution in [0.2, 0.25) is 20.1 Å². The number of fused-ring (bicyclic) bond motifs is 1. The number of hydrogen-bond donors (Lipinski definition) is 0. The zero-order valence-corrected chi connectivity index (χ0v) is 23.9. The zero-order valence-electron chi connectivity index (χ0n) is 20.9. The molecule has 3 aromatic carbocycles. The summed E-state index contributed by atoms with van der Waals surface area (Å²) in [5.41, 5.74) is 3.16. The number of rotatable bonds is 4. The number of benzene rings is 3. The Hall–Kier alpha value is -3.10. The van der Waals surface area contributed by atoms with Crippen LogP contribution in [0.25, 0.3) is 0 Å². The van der Waals surface area contributed by atoms with Gasteiger partial charge in [0.15, 0.2) is 0 Å². The number of esters is 1. The maximum absolute atomic E-state index is 13.2. The van der Waals surface area contributed by atoms with Gasteiger partial charge in [-0.25, -0.2) is 4.90 Å². The lowest BCUT2D eigenvalue weighted by molar-refractivity contribution is -0.139. The summed E-state index contributed by atoms with van der Waals surface area (Å²) in [6, 6.07) is 10.2. The molecule has 2 heterocycles. The minimum atomic E-state index is -0.704. The van der Waals surface area contributed by atoms with E-state index in [2.05, 4.69) is 0 Å². The first-order valence-corrected chi connectivity index (χ1v) is 13.4. The number of carbonyl (C=O) groups is 4. The first-order chi connectivity index (χ1) is 18.4. The average Bonchev–Trinajstić information content (AvgIpc) is 3.38. The van der Waals surface area contributed by atoms with E-state index in [0.717, 1.165) is 21.7 Å². The molecule has 1 fully saturated rings. The number of ether oxygens (including phenoxy) is 1. The fraction of sp³-hybridized carbons (Fsp3) is 0.214. The van der Waals surface area contributed by atoms with Crippen molar-refractivity contribution in [3.8, 4) is 5.75 Å². The van der Waals surface area contributed by atoms with Crippen molar-refractivity contribution >= 4 is 81.5 Å². The first-order valence-electron chi connectivity index (χ1n) is 11.9. The lowest BCUT2D eigenvalue weighted by atomic mass is 10.1. The Bertz CT molecular complexity index is 1550. The molecule has 200 valence electrons. The smallest absolute Gasteiger partial charge is 0.316 e. The van der Waals surface area contributed by atoms with Crippen LogP contribution in [0.5, 0.6) is 5.75 Å². The second kappa shape index (κ2) is 10.1. The van der Waals surface area contributed by atoms with Crippen LogP contribution < -0.4 is 14.5 Å². The van der Waals surface area contributed by atoms with E-state index in [1.54, 1.807) is 11.8 Å². The van der Waals surface area contributed by atoms with Gasteiger partial charge in [-0.3, -0.25) is 19.2 Å². The number of para-hydroxylation sites is 1. The van der Waals surface area contributed by atoms with Gasteiger partial charge in [-0.05, 0) is 55.7 Å². The summed E-state index contributed by atoms with van der Waals surface area (Å²) in [5, 5.41) is -0.562. The molecule has 0 aliphatic carbocycles. The molecular formula is C28H20Cl4N2O5. The van der Waals surface area contributed by atoms with Crippen molar-refractivity contribution in [1.29, 1.82) is 0 Å². The summed E-state index contributed by atoms with van der Waals surface area (Å²) >= 11 is 24.6. The molecule has 0 unspecified atom stereocenters. The Morgan fingerprint density at radius 3 is 1.92 bits per heavy atom. The quantitative estimate of drug-likeness (QED) is 0.105. The molecule has 1 atom stereocenters. The van der Waals surface area contributed by atoms with Gasteiger partial charge in [-0.2, -0.15) is 0 Å². The summed E-state index contributed by atoms with van der Waals surface area (Å²) in [5.74, 6) is -2.55. The third-order valence-corrected chi connectivity index (χ3v) is 8.70. The molecule has 7 nitrogen and oxygen atoms in total. The summed E-state index contributed by atoms with van der Waals surface area (Å²) < 4.78 is 5.59. The van der Waals surface area contributed by atoms with Crippen molar-refractivity contribution in [3.63, 3.8) is 0 Å². The highest BCUT2D eigenvalue weighted by Crippen LogP contribution is 2.46. The van der Waals surface area contributed by atoms with Crippen molar-refractivity contribution < 1.29 is 23.9 Å². The Kier molecular flexibility index (Phi) is 7.14. The van der Waals surface area contributed by atoms with Gasteiger partial charge in [0, 0.05) is 18.7 Å². The predicted molar refractivity (Wildman–Crippen MR) is 151 cm³/mol. The highest BCUT2D eigenvalue weighted by Gasteiger charge is 2.43. The van der Waals surface area contributed by atoms with Gasteiger partial charge < -0.3 is 9.64 Å². The van der Waals surface area contributed by atoms with Gasteiger partial charge in [0.2, 0.25) is 5.91 Å². The van der Waals surface area contributed by atoms with Crippen LogP contribution in [-0.2, 0) is 9.59 Å². The Labute approximate surface area is 244 Å². The number of amides is 3. The molecule has 0 N–H and O–H groups in total. The molecule has 1 saturated heterocycles. The summed E-state index contributed by atoms with van der Waals surface area (Å²) in [7, 11) is 0. The number of carbonyl (C=O) groups excluding carboxylic acids is 4. The van der Waals surface area contributed by atoms with Gasteiger partial charge in [-0.1, -0.05) is 64.6 Å². The fourth-order valence-electron chi connectivity index (χ4n) is 5.02. The minimum Gasteiger partial charge on any atom is -0.426 e. The highest BCUT2D eigenvalue weighted by molar-refractivity contribution is 6.56. The van der Waals surface area contributed by atoms with Crippen molar-refractivity contribution in [3.05, 3.63) is 84.3 Å². The number of nitrogens with zero attached hydrogens (tertiary/aromatic N) is 2. The van der Waals surface area contributed by atoms with Crippen LogP contribution in [0.1, 0.15) is 43.8 Å². The average molecular weight is 606 g/mol. The van der Waals surface area contributed by atoms with Gasteiger partial charge in [0.05, 0.1) is 42.8 Å². The molecule has 39 heavy (non-hydrogen) atoms. The van der Waals surface area contributed by atoms with E-state index in [-0.39, 0.29) is 61.5 Å². The maximum atomic E-state index is 13.2. The van der Waals surface area contributed by atoms with Crippen LogP contribution in [0.4, 0.5) is 11.4 Å². The molecule has 0 aromatic heterocycles. The molecular weight excluding hydrogens is 586 g/mol. The number of halogens is 4. The number of imide groups is 1. The van der Waals surface area contributed by atoms with Gasteiger partial charge >= 0.3 is 5.97 Å². The standard InChI is InChI=1S/C28H20Cl4N2O5/c1-12-5-4-6-13(2)25(12)33-11-15(10-18(33)35)28(38)39-16-7-8-17(14(3)9-16)34-26(36)19-20(27(34)37)22(30)24(32)23(31)21(19)29/h4-9,15H,10-11H2,1-3H3/t15-/m0/s1. The lowest BCUT2D eigenvalue weighted by Crippen LogP contribution is -2.30. The normalized spacial score (nSPS) is 16.8. The summed E-state index contributed by atoms with van der Waals surface area (Å²) in [4.78, 5) is 54.7. The molecule has 0 bridgehead atoms. The van der Waals surface area contributed by atoms with E-state index in [0.29, 0.717) is 5.56 Å². The Balaban J connectivity index is 1.36. The zero-order chi connectivity index (χ0) is 28.3. The molecule has 2 aliphatic rings. The summed E-state index contributed by atoms with van der Waals surface area (Å²) in [6.45, 7) is 5.71. The van der Waals surface area contributed by atoms with Crippen molar-refractivity contribution in [2.45, 2.75) is 27.2 Å². The van der Waals surface area contributed by atoms with Crippen molar-refractivity contribution in [2.24, 2.45) is 5.92 Å². The van der Waals surface area contributed by atoms with Crippen molar-refractivity contribution in [1.82, 2.24) is 0 Å². The van der Waals surface area contributed by atoms with Gasteiger partial charge in [0.25, 0.3) is 11.8 Å². The molecule has 0 spiro atoms. The van der Waals surface area contributed by atoms with E-state index in [9.17, 15) is 19.2 Å². The van der Waals surface area contributed by atoms with Crippen LogP contribution in [-0.4, -0.2) is 30.2 Å². The van der Waals surface area contributed by atoms with E-state index in [4.69, 9.17) is 51.1 Å². The van der Waals surface area contributed by atoms with Crippen LogP contribution >= 0.6 is 46.4 Å². The van der Waals surface area contributed by atoms with Crippen LogP contribution in [0.3, 0.4) is 0 Å². The van der Waals surface area contributed by atoms with Gasteiger partial charge in [-0.15, -0.1) is 0 Å². The Morgan fingerprint density at radius 1 is 0.821 bits per heavy atom. The Morgan fingerprint density at radius 2 is 1.38 bits per heavy atom. The second-order valence-corrected chi connectivity index (χ2v) is 11.0. The molecule has 2 aliphatic heterocycles. The third kappa shape index (κ3) is 4.47. The second-order valence-electron chi connectivity index (χ2n) is 9.47. The topological polar surface area (TPSA) is 84.0 Å². The minimum absolute atomic E-state index is 0.0331. The molecule has 5 rings (SSSR count). The molecule has 3 amide bonds. The van der Waals surface area contributed by atoms with Gasteiger partial charge in [0.1, 0.15) is 5.75 Å². The van der Waals surface area contributed by atoms with E-state index in [1.165, 1.54) is 18.2 Å². The molecule has 11 heteroatoms. The van der Waals surface area contributed by atoms with Crippen LogP contribution in [0.15, 0.2) is 36.4 Å². The number of anilines is 2. The van der Waals surface area contributed by atoms with E-state index < -0.39 is 23.7 Å². The summed E-state index contributed by atoms with van der Waals surface area (Å²) in [6.07, 6.45) is 0.0331. The monoisotopic (exact) mass is 604 g/mol. The third-order valence-electron chi connectivity index (χ3n) is 6.90. The fourth-order valence-corrected chi connectivity index (χ4v) is 6.04. The van der Waals surface area contributed by atoms with E-state index in [1.807, 2.05) is 32.0 Å². The number of hydrogen-bond acceptors (Lipinski definition) is 5.